The lowest BCUT2D eigenvalue weighted by atomic mass is 9.96. The highest BCUT2D eigenvalue weighted by molar-refractivity contribution is 7.98. The third kappa shape index (κ3) is 4.43. The van der Waals surface area contributed by atoms with E-state index in [1.54, 1.807) is 18.9 Å². The fraction of sp³-hybridized carbons (Fsp3) is 0.261. The van der Waals surface area contributed by atoms with Gasteiger partial charge in [0.2, 0.25) is 5.91 Å². The molecule has 0 radical (unpaired) electrons. The largest absolute Gasteiger partial charge is 0.497 e. The Kier molecular flexibility index (Phi) is 6.36. The van der Waals surface area contributed by atoms with Crippen molar-refractivity contribution in [1.29, 1.82) is 0 Å². The average Bonchev–Trinajstić information content (AvgIpc) is 3.21. The molecule has 0 aliphatic carbocycles. The Morgan fingerprint density at radius 3 is 2.56 bits per heavy atom. The number of nitrogens with zero attached hydrogens (tertiary/aromatic N) is 1. The predicted molar refractivity (Wildman–Crippen MR) is 119 cm³/mol. The highest BCUT2D eigenvalue weighted by Gasteiger charge is 2.42. The molecule has 2 aliphatic heterocycles. The van der Waals surface area contributed by atoms with E-state index in [-0.39, 0.29) is 19.1 Å². The zero-order chi connectivity index (χ0) is 22.7. The van der Waals surface area contributed by atoms with E-state index >= 15 is 0 Å². The quantitative estimate of drug-likeness (QED) is 0.494. The summed E-state index contributed by atoms with van der Waals surface area (Å²) < 4.78 is 10.3. The first-order valence-electron chi connectivity index (χ1n) is 10.0. The number of rotatable bonds is 7. The first-order valence-corrected chi connectivity index (χ1v) is 11.2. The van der Waals surface area contributed by atoms with Gasteiger partial charge in [-0.15, -0.1) is 11.8 Å². The lowest BCUT2D eigenvalue weighted by molar-refractivity contribution is -0.136. The summed E-state index contributed by atoms with van der Waals surface area (Å²) in [6.07, 6.45) is 1.98. The lowest BCUT2D eigenvalue weighted by Crippen LogP contribution is -2.50. The van der Waals surface area contributed by atoms with Gasteiger partial charge in [-0.3, -0.25) is 9.69 Å². The topological polar surface area (TPSA) is 97.0 Å². The number of amides is 3. The standard InChI is InChI=1S/C23H23N3O5S/c1-30-16-7-3-14(4-8-16)11-24-19(27)12-26-18-13-31-22(28)20(18)21(25-23(26)29)15-5-9-17(32-2)10-6-15/h3-10,21H,11-13H2,1-2H3,(H,24,27)(H,25,29)/t21-/m1/s1. The maximum absolute atomic E-state index is 12.8. The van der Waals surface area contributed by atoms with Gasteiger partial charge in [0.15, 0.2) is 0 Å². The van der Waals surface area contributed by atoms with Crippen LogP contribution in [-0.4, -0.2) is 49.3 Å². The van der Waals surface area contributed by atoms with E-state index in [9.17, 15) is 14.4 Å². The summed E-state index contributed by atoms with van der Waals surface area (Å²) in [5.74, 6) is -0.0967. The second-order valence-electron chi connectivity index (χ2n) is 7.30. The molecule has 166 valence electrons. The van der Waals surface area contributed by atoms with Gasteiger partial charge in [0, 0.05) is 11.4 Å². The van der Waals surface area contributed by atoms with Crippen molar-refractivity contribution in [3.05, 3.63) is 70.9 Å². The van der Waals surface area contributed by atoms with Gasteiger partial charge >= 0.3 is 12.0 Å². The number of benzene rings is 2. The first-order chi connectivity index (χ1) is 15.5. The van der Waals surface area contributed by atoms with E-state index in [4.69, 9.17) is 9.47 Å². The van der Waals surface area contributed by atoms with Crippen molar-refractivity contribution < 1.29 is 23.9 Å². The van der Waals surface area contributed by atoms with Gasteiger partial charge in [0.05, 0.1) is 24.4 Å². The smallest absolute Gasteiger partial charge is 0.338 e. The number of methoxy groups -OCH3 is 1. The van der Waals surface area contributed by atoms with Crippen LogP contribution < -0.4 is 15.4 Å². The van der Waals surface area contributed by atoms with Gasteiger partial charge in [0.1, 0.15) is 18.9 Å². The van der Waals surface area contributed by atoms with Crippen molar-refractivity contribution in [2.75, 3.05) is 26.5 Å². The van der Waals surface area contributed by atoms with Crippen molar-refractivity contribution in [2.45, 2.75) is 17.5 Å². The maximum atomic E-state index is 12.8. The highest BCUT2D eigenvalue weighted by Crippen LogP contribution is 2.35. The van der Waals surface area contributed by atoms with Gasteiger partial charge in [-0.2, -0.15) is 0 Å². The van der Waals surface area contributed by atoms with Crippen LogP contribution in [0.4, 0.5) is 4.79 Å². The Hall–Kier alpha value is -3.46. The molecule has 1 atom stereocenters. The third-order valence-corrected chi connectivity index (χ3v) is 6.14. The number of thioether (sulfide) groups is 1. The molecule has 3 amide bonds. The number of carbonyl (C=O) groups is 3. The molecule has 0 saturated carbocycles. The van der Waals surface area contributed by atoms with Crippen LogP contribution in [0.25, 0.3) is 0 Å². The second kappa shape index (κ2) is 9.35. The van der Waals surface area contributed by atoms with Crippen molar-refractivity contribution in [3.63, 3.8) is 0 Å². The number of urea groups is 1. The Balaban J connectivity index is 1.48. The molecule has 2 N–H and O–H groups in total. The minimum absolute atomic E-state index is 0.0350. The van der Waals surface area contributed by atoms with E-state index < -0.39 is 18.0 Å². The van der Waals surface area contributed by atoms with E-state index in [1.807, 2.05) is 54.8 Å². The van der Waals surface area contributed by atoms with Crippen LogP contribution in [0.1, 0.15) is 17.2 Å². The minimum Gasteiger partial charge on any atom is -0.497 e. The summed E-state index contributed by atoms with van der Waals surface area (Å²) in [7, 11) is 1.59. The second-order valence-corrected chi connectivity index (χ2v) is 8.18. The number of carbonyl (C=O) groups excluding carboxylic acids is 3. The monoisotopic (exact) mass is 453 g/mol. The number of hydrogen-bond donors (Lipinski definition) is 2. The Morgan fingerprint density at radius 1 is 1.19 bits per heavy atom. The molecule has 2 aromatic rings. The SMILES string of the molecule is COc1ccc(CNC(=O)CN2C(=O)N[C@H](c3ccc(SC)cc3)C3=C2COC3=O)cc1. The molecular weight excluding hydrogens is 430 g/mol. The summed E-state index contributed by atoms with van der Waals surface area (Å²) >= 11 is 1.61. The molecule has 0 bridgehead atoms. The minimum atomic E-state index is -0.609. The molecule has 32 heavy (non-hydrogen) atoms. The zero-order valence-electron chi connectivity index (χ0n) is 17.7. The van der Waals surface area contributed by atoms with E-state index in [0.29, 0.717) is 17.8 Å². The average molecular weight is 454 g/mol. The fourth-order valence-corrected chi connectivity index (χ4v) is 4.08. The summed E-state index contributed by atoms with van der Waals surface area (Å²) in [6, 6.07) is 13.9. The normalized spacial score (nSPS) is 17.6. The van der Waals surface area contributed by atoms with Crippen LogP contribution in [0.5, 0.6) is 5.75 Å². The molecule has 0 unspecified atom stereocenters. The summed E-state index contributed by atoms with van der Waals surface area (Å²) in [6.45, 7) is 0.0619. The van der Waals surface area contributed by atoms with Crippen molar-refractivity contribution in [2.24, 2.45) is 0 Å². The van der Waals surface area contributed by atoms with E-state index in [2.05, 4.69) is 10.6 Å². The predicted octanol–water partition coefficient (Wildman–Crippen LogP) is 2.61. The molecule has 0 aromatic heterocycles. The molecule has 8 nitrogen and oxygen atoms in total. The van der Waals surface area contributed by atoms with Gasteiger partial charge in [-0.25, -0.2) is 9.59 Å². The number of ether oxygens (including phenoxy) is 2. The third-order valence-electron chi connectivity index (χ3n) is 5.40. The molecule has 0 fully saturated rings. The van der Waals surface area contributed by atoms with E-state index in [1.165, 1.54) is 4.90 Å². The molecule has 0 saturated heterocycles. The first kappa shape index (κ1) is 21.8. The molecule has 2 aromatic carbocycles. The molecule has 4 rings (SSSR count). The molecule has 2 heterocycles. The Labute approximate surface area is 189 Å². The zero-order valence-corrected chi connectivity index (χ0v) is 18.5. The molecule has 2 aliphatic rings. The van der Waals surface area contributed by atoms with Crippen molar-refractivity contribution in [1.82, 2.24) is 15.5 Å². The van der Waals surface area contributed by atoms with Crippen LogP contribution in [0.2, 0.25) is 0 Å². The van der Waals surface area contributed by atoms with Gasteiger partial charge in [0.25, 0.3) is 0 Å². The van der Waals surface area contributed by atoms with Gasteiger partial charge in [-0.1, -0.05) is 24.3 Å². The van der Waals surface area contributed by atoms with Crippen molar-refractivity contribution >= 4 is 29.7 Å². The maximum Gasteiger partial charge on any atom is 0.338 e. The highest BCUT2D eigenvalue weighted by atomic mass is 32.2. The summed E-state index contributed by atoms with van der Waals surface area (Å²) in [5.41, 5.74) is 2.48. The van der Waals surface area contributed by atoms with Crippen LogP contribution >= 0.6 is 11.8 Å². The van der Waals surface area contributed by atoms with Crippen LogP contribution in [0.3, 0.4) is 0 Å². The van der Waals surface area contributed by atoms with Crippen LogP contribution in [0.15, 0.2) is 64.7 Å². The van der Waals surface area contributed by atoms with Crippen molar-refractivity contribution in [3.8, 4) is 5.75 Å². The summed E-state index contributed by atoms with van der Waals surface area (Å²) in [4.78, 5) is 40.2. The number of hydrogen-bond acceptors (Lipinski definition) is 6. The fourth-order valence-electron chi connectivity index (χ4n) is 3.67. The molecule has 9 heteroatoms. The number of cyclic esters (lactones) is 1. The Morgan fingerprint density at radius 2 is 1.91 bits per heavy atom. The van der Waals surface area contributed by atoms with E-state index in [0.717, 1.165) is 21.8 Å². The number of nitrogens with one attached hydrogen (secondary N) is 2. The molecule has 0 spiro atoms. The summed E-state index contributed by atoms with van der Waals surface area (Å²) in [5, 5.41) is 5.64. The van der Waals surface area contributed by atoms with Crippen LogP contribution in [0, 0.1) is 0 Å². The molecular formula is C23H23N3O5S. The van der Waals surface area contributed by atoms with Gasteiger partial charge in [-0.05, 0) is 41.6 Å². The van der Waals surface area contributed by atoms with Gasteiger partial charge < -0.3 is 20.1 Å². The lowest BCUT2D eigenvalue weighted by Gasteiger charge is -2.32. The van der Waals surface area contributed by atoms with Crippen LogP contribution in [-0.2, 0) is 20.9 Å². The number of esters is 1. The Bertz CT molecular complexity index is 1070.